The van der Waals surface area contributed by atoms with Gasteiger partial charge in [-0.05, 0) is 141 Å². The fourth-order valence-corrected chi connectivity index (χ4v) is 8.25. The normalized spacial score (nSPS) is 18.5. The highest BCUT2D eigenvalue weighted by Gasteiger charge is 2.25. The minimum atomic E-state index is -2.97. The van der Waals surface area contributed by atoms with Gasteiger partial charge in [-0.3, -0.25) is 0 Å². The van der Waals surface area contributed by atoms with Gasteiger partial charge < -0.3 is 10.0 Å². The number of allylic oxidation sites excluding steroid dienone is 2. The van der Waals surface area contributed by atoms with Crippen LogP contribution in [0.2, 0.25) is 0 Å². The third kappa shape index (κ3) is 9.68. The Bertz CT molecular complexity index is 1280. The van der Waals surface area contributed by atoms with Gasteiger partial charge in [0.25, 0.3) is 0 Å². The van der Waals surface area contributed by atoms with Crippen LogP contribution in [0.1, 0.15) is 108 Å². The van der Waals surface area contributed by atoms with E-state index in [-0.39, 0.29) is 11.2 Å². The van der Waals surface area contributed by atoms with Gasteiger partial charge in [0.1, 0.15) is 21.4 Å². The summed E-state index contributed by atoms with van der Waals surface area (Å²) >= 11 is 0. The summed E-state index contributed by atoms with van der Waals surface area (Å²) in [5, 5.41) is 10.1. The highest BCUT2D eigenvalue weighted by molar-refractivity contribution is 7.91. The summed E-state index contributed by atoms with van der Waals surface area (Å²) in [5.74, 6) is 0.724. The monoisotopic (exact) mass is 583 g/mol. The maximum absolute atomic E-state index is 13.7. The van der Waals surface area contributed by atoms with Gasteiger partial charge in [-0.2, -0.15) is 0 Å². The number of phenols is 1. The topological polar surface area (TPSA) is 57.6 Å². The lowest BCUT2D eigenvalue weighted by atomic mass is 9.89. The number of likely N-dealkylation sites (tertiary alicyclic amines) is 1. The highest BCUT2D eigenvalue weighted by atomic mass is 32.2. The third-order valence-electron chi connectivity index (χ3n) is 8.87. The molecule has 0 unspecified atom stereocenters. The Morgan fingerprint density at radius 1 is 0.951 bits per heavy atom. The fraction of sp³-hybridized carbons (Fsp3) is 0.600. The number of fused-ring (bicyclic) bond motifs is 1. The molecule has 1 aliphatic carbocycles. The largest absolute Gasteiger partial charge is 0.508 e. The number of unbranched alkanes of at least 4 members (excludes halogenated alkanes) is 2. The van der Waals surface area contributed by atoms with Crippen LogP contribution in [0, 0.1) is 11.2 Å². The first kappa shape index (κ1) is 31.7. The summed E-state index contributed by atoms with van der Waals surface area (Å²) < 4.78 is 38.7. The average molecular weight is 584 g/mol. The molecule has 1 aliphatic heterocycles. The number of halogens is 1. The van der Waals surface area contributed by atoms with E-state index in [1.54, 1.807) is 18.2 Å². The Labute approximate surface area is 248 Å². The van der Waals surface area contributed by atoms with Gasteiger partial charge in [0, 0.05) is 6.04 Å². The summed E-state index contributed by atoms with van der Waals surface area (Å²) in [6, 6.07) is 13.2. The Morgan fingerprint density at radius 2 is 1.73 bits per heavy atom. The molecule has 1 saturated heterocycles. The van der Waals surface area contributed by atoms with Crippen molar-refractivity contribution >= 4 is 21.0 Å². The van der Waals surface area contributed by atoms with Crippen molar-refractivity contribution < 1.29 is 17.9 Å². The Hall–Kier alpha value is -2.18. The first-order valence-corrected chi connectivity index (χ1v) is 17.6. The van der Waals surface area contributed by atoms with Crippen LogP contribution < -0.4 is 0 Å². The van der Waals surface area contributed by atoms with Gasteiger partial charge in [0.05, 0.1) is 11.5 Å². The van der Waals surface area contributed by atoms with Crippen LogP contribution in [0.3, 0.4) is 0 Å². The number of benzene rings is 2. The molecule has 0 saturated carbocycles. The van der Waals surface area contributed by atoms with E-state index in [4.69, 9.17) is 0 Å². The molecule has 4 nitrogen and oxygen atoms in total. The Balaban J connectivity index is 1.30. The zero-order chi connectivity index (χ0) is 29.5. The summed E-state index contributed by atoms with van der Waals surface area (Å²) in [4.78, 5) is 2.59. The zero-order valence-corrected chi connectivity index (χ0v) is 26.2. The Kier molecular flexibility index (Phi) is 11.1. The van der Waals surface area contributed by atoms with E-state index >= 15 is 0 Å². The van der Waals surface area contributed by atoms with Gasteiger partial charge in [-0.25, -0.2) is 12.8 Å². The number of rotatable bonds is 13. The second-order valence-corrected chi connectivity index (χ2v) is 15.7. The number of hydrogen-bond donors (Lipinski definition) is 1. The molecule has 0 radical (unpaired) electrons. The van der Waals surface area contributed by atoms with Gasteiger partial charge in [-0.1, -0.05) is 45.4 Å². The van der Waals surface area contributed by atoms with Crippen LogP contribution in [-0.4, -0.2) is 49.1 Å². The number of aryl methyl sites for hydroxylation is 1. The number of aromatic hydroxyl groups is 1. The predicted molar refractivity (Wildman–Crippen MR) is 169 cm³/mol. The van der Waals surface area contributed by atoms with E-state index < -0.39 is 9.84 Å². The molecular formula is C35H50FNO3S. The van der Waals surface area contributed by atoms with E-state index in [0.29, 0.717) is 23.3 Å². The van der Waals surface area contributed by atoms with Crippen molar-refractivity contribution in [3.05, 3.63) is 65.0 Å². The average Bonchev–Trinajstić information content (AvgIpc) is 3.28. The van der Waals surface area contributed by atoms with Gasteiger partial charge >= 0.3 is 0 Å². The SMILES string of the molecule is CC(C)(C)CCS(=O)(=O)CCC[C@@H]1CCCN1CCCCCC1=C(c2ccc(F)cc2)CCCc2cc(O)ccc21. The molecule has 1 N–H and O–H groups in total. The van der Waals surface area contributed by atoms with E-state index in [9.17, 15) is 17.9 Å². The first-order chi connectivity index (χ1) is 19.5. The lowest BCUT2D eigenvalue weighted by molar-refractivity contribution is 0.237. The van der Waals surface area contributed by atoms with Crippen LogP contribution >= 0.6 is 0 Å². The van der Waals surface area contributed by atoms with E-state index in [0.717, 1.165) is 82.9 Å². The molecule has 0 bridgehead atoms. The third-order valence-corrected chi connectivity index (χ3v) is 10.6. The smallest absolute Gasteiger partial charge is 0.150 e. The van der Waals surface area contributed by atoms with Crippen molar-refractivity contribution in [3.63, 3.8) is 0 Å². The molecule has 0 aromatic heterocycles. The second-order valence-electron chi connectivity index (χ2n) is 13.4. The van der Waals surface area contributed by atoms with Gasteiger partial charge in [0.15, 0.2) is 0 Å². The van der Waals surface area contributed by atoms with Crippen molar-refractivity contribution in [1.29, 1.82) is 0 Å². The van der Waals surface area contributed by atoms with Crippen LogP contribution in [0.4, 0.5) is 4.39 Å². The molecule has 1 fully saturated rings. The quantitative estimate of drug-likeness (QED) is 0.241. The number of phenolic OH excluding ortho intramolecular Hbond substituents is 1. The fourth-order valence-electron chi connectivity index (χ4n) is 6.52. The molecule has 2 aliphatic rings. The Morgan fingerprint density at radius 3 is 2.49 bits per heavy atom. The van der Waals surface area contributed by atoms with Crippen molar-refractivity contribution in [1.82, 2.24) is 4.90 Å². The first-order valence-electron chi connectivity index (χ1n) is 15.8. The zero-order valence-electron chi connectivity index (χ0n) is 25.4. The second kappa shape index (κ2) is 14.3. The maximum Gasteiger partial charge on any atom is 0.150 e. The van der Waals surface area contributed by atoms with Gasteiger partial charge in [0.2, 0.25) is 0 Å². The van der Waals surface area contributed by atoms with Crippen LogP contribution in [0.5, 0.6) is 5.75 Å². The van der Waals surface area contributed by atoms with Crippen LogP contribution in [-0.2, 0) is 16.3 Å². The van der Waals surface area contributed by atoms with E-state index in [2.05, 4.69) is 31.7 Å². The number of hydrogen-bond acceptors (Lipinski definition) is 4. The molecule has 0 spiro atoms. The lowest BCUT2D eigenvalue weighted by Gasteiger charge is -2.24. The summed E-state index contributed by atoms with van der Waals surface area (Å²) in [6.07, 6.45) is 12.1. The van der Waals surface area contributed by atoms with Crippen molar-refractivity contribution in [2.45, 2.75) is 104 Å². The summed E-state index contributed by atoms with van der Waals surface area (Å²) in [6.45, 7) is 8.50. The molecule has 6 heteroatoms. The minimum absolute atomic E-state index is 0.0525. The molecule has 2 aromatic carbocycles. The van der Waals surface area contributed by atoms with E-state index in [1.165, 1.54) is 35.1 Å². The van der Waals surface area contributed by atoms with Gasteiger partial charge in [-0.15, -0.1) is 0 Å². The number of sulfone groups is 1. The van der Waals surface area contributed by atoms with E-state index in [1.807, 2.05) is 18.2 Å². The molecule has 41 heavy (non-hydrogen) atoms. The molecule has 1 atom stereocenters. The molecule has 0 amide bonds. The standard InChI is InChI=1S/C35H50FNO3S/c1-35(2,3)21-25-41(39,40)24-9-12-30-11-8-23-37(30)22-6-4-5-13-34-32(27-15-17-29(36)18-16-27)14-7-10-28-26-31(38)19-20-33(28)34/h15-20,26,30,38H,4-14,21-25H2,1-3H3/t30-/m0/s1. The maximum atomic E-state index is 13.7. The van der Waals surface area contributed by atoms with Crippen LogP contribution in [0.25, 0.3) is 11.1 Å². The number of nitrogens with zero attached hydrogens (tertiary/aromatic N) is 1. The van der Waals surface area contributed by atoms with Crippen molar-refractivity contribution in [3.8, 4) is 5.75 Å². The predicted octanol–water partition coefficient (Wildman–Crippen LogP) is 8.43. The van der Waals surface area contributed by atoms with Crippen LogP contribution in [0.15, 0.2) is 42.5 Å². The van der Waals surface area contributed by atoms with Crippen molar-refractivity contribution in [2.24, 2.45) is 5.41 Å². The molecule has 4 rings (SSSR count). The summed E-state index contributed by atoms with van der Waals surface area (Å²) in [5.41, 5.74) is 6.25. The highest BCUT2D eigenvalue weighted by Crippen LogP contribution is 2.39. The molecule has 1 heterocycles. The van der Waals surface area contributed by atoms with Crippen molar-refractivity contribution in [2.75, 3.05) is 24.6 Å². The minimum Gasteiger partial charge on any atom is -0.508 e. The molecule has 2 aromatic rings. The molecule has 226 valence electrons. The lowest BCUT2D eigenvalue weighted by Crippen LogP contribution is -2.31. The molecular weight excluding hydrogens is 533 g/mol. The summed E-state index contributed by atoms with van der Waals surface area (Å²) in [7, 11) is -2.97.